The predicted molar refractivity (Wildman–Crippen MR) is 75.6 cm³/mol. The van der Waals surface area contributed by atoms with E-state index in [4.69, 9.17) is 5.11 Å². The SMILES string of the molecule is Cc1ccccc1-n1nc(C(F)F)c2cc(C(=O)O)sc21. The highest BCUT2D eigenvalue weighted by Crippen LogP contribution is 2.35. The lowest BCUT2D eigenvalue weighted by molar-refractivity contribution is 0.0702. The zero-order chi connectivity index (χ0) is 15.1. The van der Waals surface area contributed by atoms with Gasteiger partial charge in [0.1, 0.15) is 15.4 Å². The molecule has 0 aliphatic rings. The molecule has 0 saturated carbocycles. The van der Waals surface area contributed by atoms with E-state index in [1.807, 2.05) is 19.1 Å². The molecule has 0 amide bonds. The van der Waals surface area contributed by atoms with Gasteiger partial charge in [-0.05, 0) is 24.6 Å². The van der Waals surface area contributed by atoms with Crippen LogP contribution in [-0.2, 0) is 0 Å². The lowest BCUT2D eigenvalue weighted by atomic mass is 10.2. The third-order valence-corrected chi connectivity index (χ3v) is 4.25. The first kappa shape index (κ1) is 13.7. The summed E-state index contributed by atoms with van der Waals surface area (Å²) in [6.07, 6.45) is -2.76. The molecule has 21 heavy (non-hydrogen) atoms. The number of aromatic carboxylic acids is 1. The molecule has 0 fully saturated rings. The Morgan fingerprint density at radius 1 is 1.38 bits per heavy atom. The molecular weight excluding hydrogens is 298 g/mol. The Bertz CT molecular complexity index is 839. The third-order valence-electron chi connectivity index (χ3n) is 3.15. The van der Waals surface area contributed by atoms with E-state index < -0.39 is 18.1 Å². The zero-order valence-corrected chi connectivity index (χ0v) is 11.7. The van der Waals surface area contributed by atoms with Gasteiger partial charge in [0.15, 0.2) is 0 Å². The van der Waals surface area contributed by atoms with Gasteiger partial charge in [-0.15, -0.1) is 11.3 Å². The number of halogens is 2. The Hall–Kier alpha value is -2.28. The molecule has 0 bridgehead atoms. The van der Waals surface area contributed by atoms with E-state index in [0.29, 0.717) is 10.5 Å². The van der Waals surface area contributed by atoms with E-state index in [1.54, 1.807) is 12.1 Å². The molecule has 108 valence electrons. The fourth-order valence-electron chi connectivity index (χ4n) is 2.16. The standard InChI is InChI=1S/C14H10F2N2O2S/c1-7-4-2-3-5-9(7)18-13-8(11(17-18)12(15)16)6-10(21-13)14(19)20/h2-6,12H,1H3,(H,19,20). The van der Waals surface area contributed by atoms with Crippen molar-refractivity contribution in [2.24, 2.45) is 0 Å². The quantitative estimate of drug-likeness (QED) is 0.794. The number of hydrogen-bond acceptors (Lipinski definition) is 3. The molecule has 4 nitrogen and oxygen atoms in total. The molecule has 1 N–H and O–H groups in total. The number of carbonyl (C=O) groups is 1. The number of nitrogens with zero attached hydrogens (tertiary/aromatic N) is 2. The molecule has 2 aromatic heterocycles. The summed E-state index contributed by atoms with van der Waals surface area (Å²) in [5, 5.41) is 13.2. The lowest BCUT2D eigenvalue weighted by Gasteiger charge is -2.05. The molecule has 0 saturated heterocycles. The molecule has 7 heteroatoms. The van der Waals surface area contributed by atoms with Crippen LogP contribution in [0.3, 0.4) is 0 Å². The van der Waals surface area contributed by atoms with Crippen molar-refractivity contribution >= 4 is 27.5 Å². The van der Waals surface area contributed by atoms with Gasteiger partial charge in [0.25, 0.3) is 6.43 Å². The van der Waals surface area contributed by atoms with Gasteiger partial charge in [0.05, 0.1) is 5.69 Å². The second kappa shape index (κ2) is 4.92. The number of rotatable bonds is 3. The van der Waals surface area contributed by atoms with E-state index in [1.165, 1.54) is 10.7 Å². The van der Waals surface area contributed by atoms with E-state index in [9.17, 15) is 13.6 Å². The van der Waals surface area contributed by atoms with Crippen LogP contribution in [0.25, 0.3) is 15.9 Å². The van der Waals surface area contributed by atoms with Crippen LogP contribution in [0.5, 0.6) is 0 Å². The fourth-order valence-corrected chi connectivity index (χ4v) is 3.13. The van der Waals surface area contributed by atoms with Crippen LogP contribution in [-0.4, -0.2) is 20.9 Å². The minimum Gasteiger partial charge on any atom is -0.477 e. The fraction of sp³-hybridized carbons (Fsp3) is 0.143. The van der Waals surface area contributed by atoms with Gasteiger partial charge in [0.2, 0.25) is 0 Å². The smallest absolute Gasteiger partial charge is 0.345 e. The van der Waals surface area contributed by atoms with Crippen LogP contribution >= 0.6 is 11.3 Å². The molecular formula is C14H10F2N2O2S. The number of alkyl halides is 2. The summed E-state index contributed by atoms with van der Waals surface area (Å²) in [6.45, 7) is 1.84. The first-order valence-corrected chi connectivity index (χ1v) is 6.90. The number of benzene rings is 1. The van der Waals surface area contributed by atoms with Crippen molar-refractivity contribution in [1.29, 1.82) is 0 Å². The van der Waals surface area contributed by atoms with E-state index in [0.717, 1.165) is 16.9 Å². The number of fused-ring (bicyclic) bond motifs is 1. The van der Waals surface area contributed by atoms with Gasteiger partial charge in [-0.1, -0.05) is 18.2 Å². The monoisotopic (exact) mass is 308 g/mol. The van der Waals surface area contributed by atoms with Crippen LogP contribution in [0.4, 0.5) is 8.78 Å². The summed E-state index contributed by atoms with van der Waals surface area (Å²) in [5.74, 6) is -1.13. The van der Waals surface area contributed by atoms with Crippen molar-refractivity contribution in [2.75, 3.05) is 0 Å². The maximum Gasteiger partial charge on any atom is 0.345 e. The second-order valence-electron chi connectivity index (χ2n) is 4.52. The minimum atomic E-state index is -2.76. The Morgan fingerprint density at radius 2 is 2.10 bits per heavy atom. The van der Waals surface area contributed by atoms with Gasteiger partial charge in [0, 0.05) is 5.39 Å². The Balaban J connectivity index is 2.32. The maximum atomic E-state index is 13.1. The lowest BCUT2D eigenvalue weighted by Crippen LogP contribution is -1.99. The number of aryl methyl sites for hydroxylation is 1. The van der Waals surface area contributed by atoms with Crippen LogP contribution < -0.4 is 0 Å². The van der Waals surface area contributed by atoms with Crippen molar-refractivity contribution in [3.63, 3.8) is 0 Å². The van der Waals surface area contributed by atoms with Crippen molar-refractivity contribution in [3.8, 4) is 5.69 Å². The third kappa shape index (κ3) is 2.19. The maximum absolute atomic E-state index is 13.1. The summed E-state index contributed by atoms with van der Waals surface area (Å²) in [7, 11) is 0. The summed E-state index contributed by atoms with van der Waals surface area (Å²) in [6, 6.07) is 8.48. The van der Waals surface area contributed by atoms with Gasteiger partial charge in [-0.3, -0.25) is 0 Å². The minimum absolute atomic E-state index is 0.0200. The normalized spacial score (nSPS) is 11.4. The van der Waals surface area contributed by atoms with Gasteiger partial charge in [-0.25, -0.2) is 18.3 Å². The van der Waals surface area contributed by atoms with Crippen molar-refractivity contribution in [3.05, 3.63) is 46.5 Å². The summed E-state index contributed by atoms with van der Waals surface area (Å²) < 4.78 is 27.6. The molecule has 0 radical (unpaired) electrons. The largest absolute Gasteiger partial charge is 0.477 e. The van der Waals surface area contributed by atoms with E-state index in [-0.39, 0.29) is 10.3 Å². The Labute approximate surface area is 122 Å². The molecule has 1 aromatic carbocycles. The molecule has 0 unspecified atom stereocenters. The van der Waals surface area contributed by atoms with E-state index in [2.05, 4.69) is 5.10 Å². The summed E-state index contributed by atoms with van der Waals surface area (Å²) in [5.41, 5.74) is 1.14. The number of hydrogen-bond donors (Lipinski definition) is 1. The Kier molecular flexibility index (Phi) is 3.21. The molecule has 0 spiro atoms. The first-order valence-electron chi connectivity index (χ1n) is 6.09. The molecule has 3 aromatic rings. The van der Waals surface area contributed by atoms with E-state index >= 15 is 0 Å². The number of carboxylic acid groups (broad SMARTS) is 1. The van der Waals surface area contributed by atoms with Gasteiger partial charge < -0.3 is 5.11 Å². The predicted octanol–water partition coefficient (Wildman–Crippen LogP) is 4.03. The molecule has 0 aliphatic carbocycles. The average molecular weight is 308 g/mol. The highest BCUT2D eigenvalue weighted by atomic mass is 32.1. The number of para-hydroxylation sites is 1. The topological polar surface area (TPSA) is 55.1 Å². The highest BCUT2D eigenvalue weighted by Gasteiger charge is 2.23. The second-order valence-corrected chi connectivity index (χ2v) is 5.55. The van der Waals surface area contributed by atoms with Gasteiger partial charge in [-0.2, -0.15) is 5.10 Å². The molecule has 0 atom stereocenters. The molecule has 3 rings (SSSR count). The van der Waals surface area contributed by atoms with Gasteiger partial charge >= 0.3 is 5.97 Å². The summed E-state index contributed by atoms with van der Waals surface area (Å²) >= 11 is 0.941. The van der Waals surface area contributed by atoms with Crippen LogP contribution in [0.2, 0.25) is 0 Å². The zero-order valence-electron chi connectivity index (χ0n) is 10.9. The Morgan fingerprint density at radius 3 is 2.71 bits per heavy atom. The molecule has 0 aliphatic heterocycles. The van der Waals surface area contributed by atoms with Crippen molar-refractivity contribution in [1.82, 2.24) is 9.78 Å². The van der Waals surface area contributed by atoms with Crippen molar-refractivity contribution < 1.29 is 18.7 Å². The molecule has 2 heterocycles. The van der Waals surface area contributed by atoms with Crippen LogP contribution in [0.15, 0.2) is 30.3 Å². The number of thiophene rings is 1. The summed E-state index contributed by atoms with van der Waals surface area (Å²) in [4.78, 5) is 11.5. The van der Waals surface area contributed by atoms with Crippen molar-refractivity contribution in [2.45, 2.75) is 13.3 Å². The van der Waals surface area contributed by atoms with Crippen LogP contribution in [0.1, 0.15) is 27.4 Å². The highest BCUT2D eigenvalue weighted by molar-refractivity contribution is 7.20. The average Bonchev–Trinajstić information content (AvgIpc) is 2.98. The first-order chi connectivity index (χ1) is 9.99. The van der Waals surface area contributed by atoms with Crippen LogP contribution in [0, 0.1) is 6.92 Å². The number of carboxylic acids is 1. The number of aromatic nitrogens is 2.